The molecule has 2 heterocycles. The fourth-order valence-corrected chi connectivity index (χ4v) is 1.98. The fraction of sp³-hybridized carbons (Fsp3) is 0. The zero-order valence-corrected chi connectivity index (χ0v) is 10.3. The minimum atomic E-state index is -0.379. The smallest absolute Gasteiger partial charge is 0.247 e. The molecule has 0 radical (unpaired) electrons. The van der Waals surface area contributed by atoms with Crippen LogP contribution in [0.2, 0.25) is 0 Å². The van der Waals surface area contributed by atoms with E-state index in [1.165, 1.54) is 24.4 Å². The molecule has 3 rings (SSSR count). The van der Waals surface area contributed by atoms with Crippen LogP contribution in [-0.4, -0.2) is 10.1 Å². The van der Waals surface area contributed by atoms with E-state index >= 15 is 0 Å². The molecule has 1 aromatic carbocycles. The molecule has 0 aliphatic carbocycles. The van der Waals surface area contributed by atoms with Gasteiger partial charge in [-0.05, 0) is 23.8 Å². The maximum Gasteiger partial charge on any atom is 0.247 e. The molecule has 100 valence electrons. The van der Waals surface area contributed by atoms with E-state index in [4.69, 9.17) is 10.3 Å². The van der Waals surface area contributed by atoms with E-state index in [1.807, 2.05) is 0 Å². The Bertz CT molecular complexity index is 803. The van der Waals surface area contributed by atoms with Crippen molar-refractivity contribution in [3.05, 3.63) is 58.8 Å². The highest BCUT2D eigenvalue weighted by molar-refractivity contribution is 5.86. The van der Waals surface area contributed by atoms with Crippen LogP contribution >= 0.6 is 0 Å². The number of aromatic amines is 1. The third kappa shape index (κ3) is 2.07. The first-order valence-electron chi connectivity index (χ1n) is 5.85. The monoisotopic (exact) mass is 271 g/mol. The summed E-state index contributed by atoms with van der Waals surface area (Å²) in [6.07, 6.45) is 1.50. The molecule has 0 saturated heterocycles. The summed E-state index contributed by atoms with van der Waals surface area (Å²) in [4.78, 5) is 13.6. The van der Waals surface area contributed by atoms with Gasteiger partial charge in [0.25, 0.3) is 0 Å². The van der Waals surface area contributed by atoms with Crippen molar-refractivity contribution < 1.29 is 8.91 Å². The van der Waals surface area contributed by atoms with Gasteiger partial charge >= 0.3 is 0 Å². The van der Waals surface area contributed by atoms with Gasteiger partial charge in [-0.1, -0.05) is 17.3 Å². The Balaban J connectivity index is 2.19. The fourth-order valence-electron chi connectivity index (χ4n) is 1.98. The molecule has 0 spiro atoms. The molecule has 0 aliphatic rings. The van der Waals surface area contributed by atoms with Gasteiger partial charge in [-0.25, -0.2) is 4.39 Å². The van der Waals surface area contributed by atoms with Crippen molar-refractivity contribution in [2.24, 2.45) is 0 Å². The van der Waals surface area contributed by atoms with Gasteiger partial charge < -0.3 is 15.2 Å². The lowest BCUT2D eigenvalue weighted by Gasteiger charge is -2.02. The summed E-state index contributed by atoms with van der Waals surface area (Å²) in [6, 6.07) is 8.94. The number of halogens is 1. The largest absolute Gasteiger partial charge is 0.367 e. The van der Waals surface area contributed by atoms with E-state index in [0.29, 0.717) is 22.4 Å². The van der Waals surface area contributed by atoms with Crippen LogP contribution in [0, 0.1) is 5.82 Å². The van der Waals surface area contributed by atoms with Crippen LogP contribution in [0.3, 0.4) is 0 Å². The molecular weight excluding hydrogens is 261 g/mol. The van der Waals surface area contributed by atoms with Crippen LogP contribution in [0.15, 0.2) is 51.9 Å². The molecule has 6 heteroatoms. The first-order valence-corrected chi connectivity index (χ1v) is 5.85. The summed E-state index contributed by atoms with van der Waals surface area (Å²) in [7, 11) is 0. The predicted molar refractivity (Wildman–Crippen MR) is 72.4 cm³/mol. The zero-order valence-electron chi connectivity index (χ0n) is 10.3. The highest BCUT2D eigenvalue weighted by Crippen LogP contribution is 2.35. The van der Waals surface area contributed by atoms with E-state index in [1.54, 1.807) is 18.2 Å². The van der Waals surface area contributed by atoms with E-state index in [2.05, 4.69) is 10.1 Å². The Labute approximate surface area is 112 Å². The average molecular weight is 271 g/mol. The number of anilines is 1. The minimum absolute atomic E-state index is 0.0943. The van der Waals surface area contributed by atoms with Gasteiger partial charge in [0, 0.05) is 17.8 Å². The second-order valence-electron chi connectivity index (χ2n) is 4.22. The van der Waals surface area contributed by atoms with Crippen LogP contribution in [0.5, 0.6) is 0 Å². The van der Waals surface area contributed by atoms with Gasteiger partial charge in [0.2, 0.25) is 11.4 Å². The van der Waals surface area contributed by atoms with E-state index in [0.717, 1.165) is 0 Å². The molecule has 3 N–H and O–H groups in total. The molecule has 0 saturated carbocycles. The van der Waals surface area contributed by atoms with Crippen LogP contribution in [0.4, 0.5) is 10.3 Å². The molecule has 0 unspecified atom stereocenters. The summed E-state index contributed by atoms with van der Waals surface area (Å²) in [5.41, 5.74) is 7.68. The third-order valence-corrected chi connectivity index (χ3v) is 2.89. The van der Waals surface area contributed by atoms with Gasteiger partial charge in [-0.2, -0.15) is 0 Å². The summed E-state index contributed by atoms with van der Waals surface area (Å²) in [6.45, 7) is 0. The number of hydrogen-bond acceptors (Lipinski definition) is 4. The lowest BCUT2D eigenvalue weighted by atomic mass is 10.0. The Morgan fingerprint density at radius 3 is 2.75 bits per heavy atom. The minimum Gasteiger partial charge on any atom is -0.367 e. The Morgan fingerprint density at radius 1 is 1.20 bits per heavy atom. The number of H-pyrrole nitrogens is 1. The number of nitrogens with two attached hydrogens (primary N) is 1. The summed E-state index contributed by atoms with van der Waals surface area (Å²) in [5, 5.41) is 3.88. The number of aromatic nitrogens is 2. The summed E-state index contributed by atoms with van der Waals surface area (Å²) in [5.74, 6) is -0.285. The second kappa shape index (κ2) is 4.65. The number of pyridine rings is 1. The van der Waals surface area contributed by atoms with Crippen LogP contribution in [0.1, 0.15) is 0 Å². The van der Waals surface area contributed by atoms with Crippen LogP contribution in [0.25, 0.3) is 22.4 Å². The van der Waals surface area contributed by atoms with E-state index in [-0.39, 0.29) is 17.3 Å². The van der Waals surface area contributed by atoms with Gasteiger partial charge in [0.15, 0.2) is 0 Å². The zero-order chi connectivity index (χ0) is 14.1. The van der Waals surface area contributed by atoms with Crippen molar-refractivity contribution in [1.29, 1.82) is 0 Å². The molecule has 3 aromatic rings. The van der Waals surface area contributed by atoms with E-state index < -0.39 is 0 Å². The van der Waals surface area contributed by atoms with Gasteiger partial charge in [0.05, 0.1) is 5.56 Å². The highest BCUT2D eigenvalue weighted by Gasteiger charge is 2.17. The van der Waals surface area contributed by atoms with Crippen molar-refractivity contribution in [3.8, 4) is 22.4 Å². The summed E-state index contributed by atoms with van der Waals surface area (Å²) >= 11 is 0. The van der Waals surface area contributed by atoms with Crippen molar-refractivity contribution in [1.82, 2.24) is 10.1 Å². The quantitative estimate of drug-likeness (QED) is 0.749. The molecule has 20 heavy (non-hydrogen) atoms. The molecule has 0 aliphatic heterocycles. The topological polar surface area (TPSA) is 84.9 Å². The predicted octanol–water partition coefficient (Wildman–Crippen LogP) is 2.42. The Morgan fingerprint density at radius 2 is 2.05 bits per heavy atom. The number of nitrogen functional groups attached to an aromatic ring is 1. The Kier molecular flexibility index (Phi) is 2.83. The average Bonchev–Trinajstić information content (AvgIpc) is 2.81. The molecule has 0 amide bonds. The lowest BCUT2D eigenvalue weighted by Crippen LogP contribution is -2.01. The van der Waals surface area contributed by atoms with Crippen molar-refractivity contribution in [3.63, 3.8) is 0 Å². The van der Waals surface area contributed by atoms with Gasteiger partial charge in [-0.3, -0.25) is 4.79 Å². The molecule has 0 bridgehead atoms. The third-order valence-electron chi connectivity index (χ3n) is 2.89. The SMILES string of the molecule is Nc1onc(-c2ccc(=O)[nH]c2)c1-c1cccc(F)c1. The number of rotatable bonds is 2. The second-order valence-corrected chi connectivity index (χ2v) is 4.22. The van der Waals surface area contributed by atoms with Crippen molar-refractivity contribution in [2.75, 3.05) is 5.73 Å². The maximum absolute atomic E-state index is 13.3. The number of hydrogen-bond donors (Lipinski definition) is 2. The molecule has 5 nitrogen and oxygen atoms in total. The van der Waals surface area contributed by atoms with E-state index in [9.17, 15) is 9.18 Å². The first-order chi connectivity index (χ1) is 9.65. The summed E-state index contributed by atoms with van der Waals surface area (Å²) < 4.78 is 18.3. The first kappa shape index (κ1) is 12.2. The van der Waals surface area contributed by atoms with Crippen molar-refractivity contribution >= 4 is 5.88 Å². The molecule has 0 fully saturated rings. The standard InChI is InChI=1S/C14H10FN3O2/c15-10-3-1-2-8(6-10)12-13(18-20-14(12)16)9-4-5-11(19)17-7-9/h1-7H,16H2,(H,17,19). The highest BCUT2D eigenvalue weighted by atomic mass is 19.1. The number of nitrogens with one attached hydrogen (secondary N) is 1. The van der Waals surface area contributed by atoms with Gasteiger partial charge in [0.1, 0.15) is 11.5 Å². The lowest BCUT2D eigenvalue weighted by molar-refractivity contribution is 0.439. The Hall–Kier alpha value is -2.89. The van der Waals surface area contributed by atoms with Gasteiger partial charge in [-0.15, -0.1) is 0 Å². The number of benzene rings is 1. The molecular formula is C14H10FN3O2. The van der Waals surface area contributed by atoms with Crippen molar-refractivity contribution in [2.45, 2.75) is 0 Å². The molecule has 2 aromatic heterocycles. The molecule has 0 atom stereocenters. The number of nitrogens with zero attached hydrogens (tertiary/aromatic N) is 1. The van der Waals surface area contributed by atoms with Crippen LogP contribution in [-0.2, 0) is 0 Å². The van der Waals surface area contributed by atoms with Crippen LogP contribution < -0.4 is 11.3 Å². The maximum atomic E-state index is 13.3. The normalized spacial score (nSPS) is 10.7.